The zero-order chi connectivity index (χ0) is 19.8. The van der Waals surface area contributed by atoms with Crippen molar-refractivity contribution < 1.29 is 23.9 Å². The number of anilines is 1. The van der Waals surface area contributed by atoms with E-state index in [-0.39, 0.29) is 11.4 Å². The number of carbonyl (C=O) groups is 1. The molecule has 142 valence electrons. The van der Waals surface area contributed by atoms with E-state index in [0.29, 0.717) is 23.8 Å². The van der Waals surface area contributed by atoms with E-state index in [2.05, 4.69) is 5.32 Å². The van der Waals surface area contributed by atoms with Crippen molar-refractivity contribution in [3.63, 3.8) is 0 Å². The van der Waals surface area contributed by atoms with Crippen LogP contribution in [0.15, 0.2) is 42.5 Å². The smallest absolute Gasteiger partial charge is 0.273 e. The van der Waals surface area contributed by atoms with Gasteiger partial charge in [0, 0.05) is 12.1 Å². The number of nitrogens with zero attached hydrogens (tertiary/aromatic N) is 1. The zero-order valence-corrected chi connectivity index (χ0v) is 15.2. The molecule has 2 aromatic rings. The maximum Gasteiger partial charge on any atom is 0.273 e. The number of ether oxygens (including phenoxy) is 3. The third kappa shape index (κ3) is 5.21. The highest BCUT2D eigenvalue weighted by Crippen LogP contribution is 2.30. The number of amides is 1. The molecule has 0 bridgehead atoms. The summed E-state index contributed by atoms with van der Waals surface area (Å²) in [6, 6.07) is 9.26. The number of carbonyl (C=O) groups excluding carboxylic acids is 1. The Morgan fingerprint density at radius 3 is 2.48 bits per heavy atom. The molecule has 0 aliphatic carbocycles. The normalized spacial score (nSPS) is 10.5. The molecule has 0 aromatic heterocycles. The lowest BCUT2D eigenvalue weighted by Crippen LogP contribution is -2.09. The van der Waals surface area contributed by atoms with Gasteiger partial charge in [-0.1, -0.05) is 6.07 Å². The Hall–Kier alpha value is -3.55. The van der Waals surface area contributed by atoms with Gasteiger partial charge in [-0.05, 0) is 36.8 Å². The molecule has 0 saturated carbocycles. The number of nitro benzene ring substituents is 1. The fourth-order valence-electron chi connectivity index (χ4n) is 2.31. The number of hydrogen-bond donors (Lipinski definition) is 1. The van der Waals surface area contributed by atoms with E-state index in [1.54, 1.807) is 31.4 Å². The largest absolute Gasteiger partial charge is 0.494 e. The molecule has 0 aliphatic heterocycles. The quantitative estimate of drug-likeness (QED) is 0.431. The molecule has 0 atom stereocenters. The Kier molecular flexibility index (Phi) is 6.76. The van der Waals surface area contributed by atoms with E-state index in [1.807, 2.05) is 6.92 Å². The number of methoxy groups -OCH3 is 2. The van der Waals surface area contributed by atoms with Crippen molar-refractivity contribution in [1.82, 2.24) is 0 Å². The van der Waals surface area contributed by atoms with Crippen LogP contribution in [0.2, 0.25) is 0 Å². The van der Waals surface area contributed by atoms with Gasteiger partial charge >= 0.3 is 0 Å². The minimum absolute atomic E-state index is 0.123. The summed E-state index contributed by atoms with van der Waals surface area (Å²) >= 11 is 0. The first-order valence-electron chi connectivity index (χ1n) is 8.10. The SMILES string of the molecule is CCOc1cc(/C=C/C(=O)Nc2ccc([N+](=O)[O-])cc2OC)ccc1OC. The lowest BCUT2D eigenvalue weighted by molar-refractivity contribution is -0.384. The monoisotopic (exact) mass is 372 g/mol. The van der Waals surface area contributed by atoms with Crippen LogP contribution in [0, 0.1) is 10.1 Å². The molecule has 1 amide bonds. The summed E-state index contributed by atoms with van der Waals surface area (Å²) in [5, 5.41) is 13.4. The Morgan fingerprint density at radius 1 is 1.11 bits per heavy atom. The summed E-state index contributed by atoms with van der Waals surface area (Å²) in [6.45, 7) is 2.36. The molecule has 0 aliphatic rings. The average molecular weight is 372 g/mol. The molecule has 8 nitrogen and oxygen atoms in total. The van der Waals surface area contributed by atoms with E-state index < -0.39 is 10.8 Å². The first-order valence-corrected chi connectivity index (χ1v) is 8.10. The number of rotatable bonds is 8. The van der Waals surface area contributed by atoms with Gasteiger partial charge < -0.3 is 19.5 Å². The molecule has 2 aromatic carbocycles. The second kappa shape index (κ2) is 9.23. The molecule has 0 spiro atoms. The number of nitrogens with one attached hydrogen (secondary N) is 1. The summed E-state index contributed by atoms with van der Waals surface area (Å²) in [4.78, 5) is 22.4. The van der Waals surface area contributed by atoms with E-state index in [9.17, 15) is 14.9 Å². The van der Waals surface area contributed by atoms with E-state index in [1.165, 1.54) is 31.4 Å². The van der Waals surface area contributed by atoms with Crippen LogP contribution < -0.4 is 19.5 Å². The number of hydrogen-bond acceptors (Lipinski definition) is 6. The molecule has 2 rings (SSSR count). The van der Waals surface area contributed by atoms with Gasteiger partial charge in [0.05, 0.1) is 37.5 Å². The Labute approximate surface area is 156 Å². The summed E-state index contributed by atoms with van der Waals surface area (Å²) < 4.78 is 15.8. The standard InChI is InChI=1S/C19H20N2O6/c1-4-27-18-11-13(5-9-16(18)25-2)6-10-19(22)20-15-8-7-14(21(23)24)12-17(15)26-3/h5-12H,4H2,1-3H3,(H,20,22)/b10-6+. The van der Waals surface area contributed by atoms with Crippen molar-refractivity contribution in [1.29, 1.82) is 0 Å². The van der Waals surface area contributed by atoms with Crippen LogP contribution in [0.1, 0.15) is 12.5 Å². The maximum absolute atomic E-state index is 12.2. The summed E-state index contributed by atoms with van der Waals surface area (Å²) in [5.74, 6) is 0.985. The van der Waals surface area contributed by atoms with Crippen LogP contribution in [0.4, 0.5) is 11.4 Å². The van der Waals surface area contributed by atoms with Gasteiger partial charge in [-0.2, -0.15) is 0 Å². The lowest BCUT2D eigenvalue weighted by atomic mass is 10.2. The van der Waals surface area contributed by atoms with Crippen LogP contribution in [0.25, 0.3) is 6.08 Å². The second-order valence-electron chi connectivity index (χ2n) is 5.31. The van der Waals surface area contributed by atoms with Crippen LogP contribution in [-0.4, -0.2) is 31.7 Å². The van der Waals surface area contributed by atoms with Gasteiger partial charge in [0.1, 0.15) is 5.75 Å². The van der Waals surface area contributed by atoms with Gasteiger partial charge in [0.2, 0.25) is 5.91 Å². The number of non-ortho nitro benzene ring substituents is 1. The Morgan fingerprint density at radius 2 is 1.85 bits per heavy atom. The lowest BCUT2D eigenvalue weighted by Gasteiger charge is -2.10. The third-order valence-corrected chi connectivity index (χ3v) is 3.57. The van der Waals surface area contributed by atoms with Gasteiger partial charge in [0.25, 0.3) is 5.69 Å². The maximum atomic E-state index is 12.2. The van der Waals surface area contributed by atoms with E-state index >= 15 is 0 Å². The number of benzene rings is 2. The summed E-state index contributed by atoms with van der Waals surface area (Å²) in [7, 11) is 2.93. The molecule has 8 heteroatoms. The van der Waals surface area contributed by atoms with Gasteiger partial charge in [-0.25, -0.2) is 0 Å². The highest BCUT2D eigenvalue weighted by Gasteiger charge is 2.12. The van der Waals surface area contributed by atoms with Crippen molar-refractivity contribution in [3.05, 3.63) is 58.2 Å². The van der Waals surface area contributed by atoms with Gasteiger partial charge in [0.15, 0.2) is 11.5 Å². The average Bonchev–Trinajstić information content (AvgIpc) is 2.67. The van der Waals surface area contributed by atoms with Crippen LogP contribution in [0.5, 0.6) is 17.2 Å². The fraction of sp³-hybridized carbons (Fsp3) is 0.211. The van der Waals surface area contributed by atoms with Crippen molar-refractivity contribution in [2.45, 2.75) is 6.92 Å². The summed E-state index contributed by atoms with van der Waals surface area (Å²) in [6.07, 6.45) is 2.97. The molecule has 0 unspecified atom stereocenters. The van der Waals surface area contributed by atoms with Crippen LogP contribution in [0.3, 0.4) is 0 Å². The minimum atomic E-state index is -0.534. The molecule has 0 radical (unpaired) electrons. The fourth-order valence-corrected chi connectivity index (χ4v) is 2.31. The Balaban J connectivity index is 2.13. The molecular weight excluding hydrogens is 352 g/mol. The molecule has 27 heavy (non-hydrogen) atoms. The molecule has 0 saturated heterocycles. The van der Waals surface area contributed by atoms with Crippen molar-refractivity contribution in [2.24, 2.45) is 0 Å². The second-order valence-corrected chi connectivity index (χ2v) is 5.31. The zero-order valence-electron chi connectivity index (χ0n) is 15.2. The van der Waals surface area contributed by atoms with Crippen molar-refractivity contribution >= 4 is 23.4 Å². The highest BCUT2D eigenvalue weighted by molar-refractivity contribution is 6.02. The molecule has 1 N–H and O–H groups in total. The van der Waals surface area contributed by atoms with Gasteiger partial charge in [-0.3, -0.25) is 14.9 Å². The third-order valence-electron chi connectivity index (χ3n) is 3.57. The molecule has 0 heterocycles. The van der Waals surface area contributed by atoms with Crippen LogP contribution >= 0.6 is 0 Å². The predicted molar refractivity (Wildman–Crippen MR) is 101 cm³/mol. The van der Waals surface area contributed by atoms with Crippen LogP contribution in [-0.2, 0) is 4.79 Å². The first-order chi connectivity index (χ1) is 13.0. The summed E-state index contributed by atoms with van der Waals surface area (Å²) in [5.41, 5.74) is 0.967. The molecule has 0 fully saturated rings. The number of nitro groups is 1. The first kappa shape index (κ1) is 19.8. The van der Waals surface area contributed by atoms with Crippen molar-refractivity contribution in [2.75, 3.05) is 26.1 Å². The Bertz CT molecular complexity index is 863. The highest BCUT2D eigenvalue weighted by atomic mass is 16.6. The minimum Gasteiger partial charge on any atom is -0.494 e. The predicted octanol–water partition coefficient (Wildman–Crippen LogP) is 3.66. The molecular formula is C19H20N2O6. The van der Waals surface area contributed by atoms with E-state index in [0.717, 1.165) is 5.56 Å². The van der Waals surface area contributed by atoms with Gasteiger partial charge in [-0.15, -0.1) is 0 Å². The van der Waals surface area contributed by atoms with Crippen molar-refractivity contribution in [3.8, 4) is 17.2 Å². The van der Waals surface area contributed by atoms with E-state index in [4.69, 9.17) is 14.2 Å². The topological polar surface area (TPSA) is 99.9 Å².